The van der Waals surface area contributed by atoms with Gasteiger partial charge in [0, 0.05) is 11.5 Å². The highest BCUT2D eigenvalue weighted by Gasteiger charge is 2.15. The SMILES string of the molecule is C=CCCc1ccc(-c2ccc(C(CF)CCCCc3cccc4ccccc34)cc2F)cc1. The molecular weight excluding hydrogens is 422 g/mol. The molecule has 34 heavy (non-hydrogen) atoms. The van der Waals surface area contributed by atoms with Gasteiger partial charge < -0.3 is 0 Å². The van der Waals surface area contributed by atoms with Crippen molar-refractivity contribution in [1.29, 1.82) is 0 Å². The molecule has 0 aliphatic heterocycles. The molecule has 0 bridgehead atoms. The number of aryl methyl sites for hydroxylation is 2. The van der Waals surface area contributed by atoms with Gasteiger partial charge >= 0.3 is 0 Å². The van der Waals surface area contributed by atoms with Crippen molar-refractivity contribution in [2.75, 3.05) is 6.67 Å². The number of alkyl halides is 1. The molecule has 0 N–H and O–H groups in total. The average molecular weight is 455 g/mol. The summed E-state index contributed by atoms with van der Waals surface area (Å²) < 4.78 is 28.8. The Morgan fingerprint density at radius 1 is 0.824 bits per heavy atom. The van der Waals surface area contributed by atoms with Crippen LogP contribution in [0.3, 0.4) is 0 Å². The van der Waals surface area contributed by atoms with Gasteiger partial charge in [-0.15, -0.1) is 6.58 Å². The minimum atomic E-state index is -0.467. The van der Waals surface area contributed by atoms with E-state index in [1.807, 2.05) is 36.4 Å². The summed E-state index contributed by atoms with van der Waals surface area (Å²) in [4.78, 5) is 0. The van der Waals surface area contributed by atoms with Gasteiger partial charge in [0.25, 0.3) is 0 Å². The van der Waals surface area contributed by atoms with Gasteiger partial charge in [0.15, 0.2) is 0 Å². The molecular formula is C32H32F2. The van der Waals surface area contributed by atoms with Crippen LogP contribution in [0.15, 0.2) is 97.6 Å². The highest BCUT2D eigenvalue weighted by atomic mass is 19.1. The molecule has 4 aromatic carbocycles. The Bertz CT molecular complexity index is 1220. The molecule has 4 aromatic rings. The second-order valence-corrected chi connectivity index (χ2v) is 9.00. The molecule has 0 aromatic heterocycles. The predicted octanol–water partition coefficient (Wildman–Crippen LogP) is 9.23. The van der Waals surface area contributed by atoms with E-state index in [-0.39, 0.29) is 11.7 Å². The van der Waals surface area contributed by atoms with E-state index in [2.05, 4.69) is 49.0 Å². The van der Waals surface area contributed by atoms with Crippen LogP contribution in [0.1, 0.15) is 48.3 Å². The van der Waals surface area contributed by atoms with Crippen LogP contribution < -0.4 is 0 Å². The van der Waals surface area contributed by atoms with Crippen molar-refractivity contribution in [2.24, 2.45) is 0 Å². The summed E-state index contributed by atoms with van der Waals surface area (Å²) in [5.74, 6) is -0.553. The lowest BCUT2D eigenvalue weighted by atomic mass is 9.91. The van der Waals surface area contributed by atoms with Crippen LogP contribution >= 0.6 is 0 Å². The zero-order valence-electron chi connectivity index (χ0n) is 19.7. The molecule has 0 saturated heterocycles. The van der Waals surface area contributed by atoms with E-state index in [0.29, 0.717) is 5.56 Å². The molecule has 0 aliphatic rings. The fourth-order valence-electron chi connectivity index (χ4n) is 4.69. The maximum Gasteiger partial charge on any atom is 0.131 e. The Balaban J connectivity index is 1.37. The third kappa shape index (κ3) is 5.80. The van der Waals surface area contributed by atoms with Crippen LogP contribution in [0.2, 0.25) is 0 Å². The molecule has 174 valence electrons. The first kappa shape index (κ1) is 23.9. The summed E-state index contributed by atoms with van der Waals surface area (Å²) in [5, 5.41) is 2.54. The number of benzene rings is 4. The van der Waals surface area contributed by atoms with E-state index in [4.69, 9.17) is 0 Å². The standard InChI is InChI=1S/C32H32F2/c1-2-3-9-24-16-18-27(19-17-24)31-21-20-28(22-32(31)34)29(23-33)12-5-4-10-25-13-8-14-26-11-6-7-15-30(25)26/h2,6-8,11,13-22,29H,1,3-5,9-10,12,23H2. The smallest absolute Gasteiger partial charge is 0.131 e. The van der Waals surface area contributed by atoms with E-state index in [0.717, 1.165) is 49.7 Å². The van der Waals surface area contributed by atoms with E-state index in [1.54, 1.807) is 6.07 Å². The summed E-state index contributed by atoms with van der Waals surface area (Å²) in [6.45, 7) is 3.29. The van der Waals surface area contributed by atoms with E-state index in [9.17, 15) is 8.78 Å². The molecule has 2 heteroatoms. The quantitative estimate of drug-likeness (QED) is 0.156. The Kier molecular flexibility index (Phi) is 8.25. The second kappa shape index (κ2) is 11.7. The Morgan fingerprint density at radius 2 is 1.62 bits per heavy atom. The molecule has 0 saturated carbocycles. The number of halogens is 2. The number of allylic oxidation sites excluding steroid dienone is 1. The first-order chi connectivity index (χ1) is 16.7. The second-order valence-electron chi connectivity index (χ2n) is 9.00. The molecule has 0 nitrogen and oxygen atoms in total. The number of rotatable bonds is 11. The maximum absolute atomic E-state index is 15.0. The molecule has 4 rings (SSSR count). The van der Waals surface area contributed by atoms with Gasteiger partial charge in [0.2, 0.25) is 0 Å². The van der Waals surface area contributed by atoms with E-state index < -0.39 is 6.67 Å². The molecule has 0 spiro atoms. The van der Waals surface area contributed by atoms with Crippen molar-refractivity contribution in [3.63, 3.8) is 0 Å². The van der Waals surface area contributed by atoms with Gasteiger partial charge in [0.05, 0.1) is 6.67 Å². The predicted molar refractivity (Wildman–Crippen MR) is 141 cm³/mol. The van der Waals surface area contributed by atoms with Crippen molar-refractivity contribution in [3.8, 4) is 11.1 Å². The van der Waals surface area contributed by atoms with Gasteiger partial charge in [-0.05, 0) is 71.2 Å². The molecule has 0 radical (unpaired) electrons. The molecule has 1 atom stereocenters. The summed E-state index contributed by atoms with van der Waals surface area (Å²) >= 11 is 0. The summed E-state index contributed by atoms with van der Waals surface area (Å²) in [5.41, 5.74) is 4.70. The fraction of sp³-hybridized carbons (Fsp3) is 0.250. The third-order valence-electron chi connectivity index (χ3n) is 6.68. The first-order valence-corrected chi connectivity index (χ1v) is 12.2. The number of unbranched alkanes of at least 4 members (excludes halogenated alkanes) is 1. The van der Waals surface area contributed by atoms with Crippen LogP contribution in [0, 0.1) is 5.82 Å². The minimum absolute atomic E-state index is 0.266. The minimum Gasteiger partial charge on any atom is -0.250 e. The Morgan fingerprint density at radius 3 is 2.38 bits per heavy atom. The third-order valence-corrected chi connectivity index (χ3v) is 6.68. The van der Waals surface area contributed by atoms with E-state index >= 15 is 0 Å². The van der Waals surface area contributed by atoms with Gasteiger partial charge in [-0.2, -0.15) is 0 Å². The topological polar surface area (TPSA) is 0 Å². The summed E-state index contributed by atoms with van der Waals surface area (Å²) in [7, 11) is 0. The van der Waals surface area contributed by atoms with E-state index in [1.165, 1.54) is 28.0 Å². The van der Waals surface area contributed by atoms with Crippen LogP contribution in [0.25, 0.3) is 21.9 Å². The number of hydrogen-bond donors (Lipinski definition) is 0. The normalized spacial score (nSPS) is 12.1. The van der Waals surface area contributed by atoms with Crippen molar-refractivity contribution in [3.05, 3.63) is 120 Å². The van der Waals surface area contributed by atoms with Crippen molar-refractivity contribution >= 4 is 10.8 Å². The van der Waals surface area contributed by atoms with Crippen LogP contribution in [0.4, 0.5) is 8.78 Å². The zero-order chi connectivity index (χ0) is 23.8. The highest BCUT2D eigenvalue weighted by molar-refractivity contribution is 5.85. The lowest BCUT2D eigenvalue weighted by Gasteiger charge is -2.15. The summed E-state index contributed by atoms with van der Waals surface area (Å²) in [6.07, 6.45) is 7.35. The number of fused-ring (bicyclic) bond motifs is 1. The first-order valence-electron chi connectivity index (χ1n) is 12.2. The molecule has 0 heterocycles. The van der Waals surface area contributed by atoms with Gasteiger partial charge in [-0.3, -0.25) is 4.39 Å². The molecule has 1 unspecified atom stereocenters. The van der Waals surface area contributed by atoms with Crippen molar-refractivity contribution in [1.82, 2.24) is 0 Å². The highest BCUT2D eigenvalue weighted by Crippen LogP contribution is 2.30. The molecule has 0 fully saturated rings. The lowest BCUT2D eigenvalue weighted by Crippen LogP contribution is -2.03. The van der Waals surface area contributed by atoms with Gasteiger partial charge in [0.1, 0.15) is 5.82 Å². The maximum atomic E-state index is 15.0. The number of hydrogen-bond acceptors (Lipinski definition) is 0. The Labute approximate surface area is 202 Å². The van der Waals surface area contributed by atoms with Crippen LogP contribution in [-0.4, -0.2) is 6.67 Å². The van der Waals surface area contributed by atoms with Crippen molar-refractivity contribution < 1.29 is 8.78 Å². The van der Waals surface area contributed by atoms with Crippen LogP contribution in [-0.2, 0) is 12.8 Å². The summed E-state index contributed by atoms with van der Waals surface area (Å²) in [6, 6.07) is 28.0. The molecule has 0 aliphatic carbocycles. The fourth-order valence-corrected chi connectivity index (χ4v) is 4.69. The van der Waals surface area contributed by atoms with Gasteiger partial charge in [-0.1, -0.05) is 91.4 Å². The van der Waals surface area contributed by atoms with Gasteiger partial charge in [-0.25, -0.2) is 4.39 Å². The van der Waals surface area contributed by atoms with Crippen LogP contribution in [0.5, 0.6) is 0 Å². The Hall–Kier alpha value is -3.26. The zero-order valence-corrected chi connectivity index (χ0v) is 19.7. The average Bonchev–Trinajstić information content (AvgIpc) is 2.88. The monoisotopic (exact) mass is 454 g/mol. The molecule has 0 amide bonds. The van der Waals surface area contributed by atoms with Crippen molar-refractivity contribution in [2.45, 2.75) is 44.4 Å². The lowest BCUT2D eigenvalue weighted by molar-refractivity contribution is 0.405. The largest absolute Gasteiger partial charge is 0.250 e.